The van der Waals surface area contributed by atoms with Crippen LogP contribution in [0.15, 0.2) is 36.4 Å². The maximum atomic E-state index is 12.7. The van der Waals surface area contributed by atoms with E-state index in [1.165, 1.54) is 37.3 Å². The lowest BCUT2D eigenvalue weighted by molar-refractivity contribution is -0.114. The highest BCUT2D eigenvalue weighted by Gasteiger charge is 2.01. The molecule has 21 heavy (non-hydrogen) atoms. The fourth-order valence-electron chi connectivity index (χ4n) is 1.29. The topological polar surface area (TPSA) is 55.1 Å². The van der Waals surface area contributed by atoms with Gasteiger partial charge in [0.1, 0.15) is 11.6 Å². The zero-order valence-corrected chi connectivity index (χ0v) is 12.5. The predicted octanol–water partition coefficient (Wildman–Crippen LogP) is 4.50. The number of carbonyl (C=O) groups is 1. The van der Waals surface area contributed by atoms with E-state index in [1.54, 1.807) is 6.07 Å². The Bertz CT molecular complexity index is 651. The fraction of sp³-hybridized carbons (Fsp3) is 0.0714. The quantitative estimate of drug-likeness (QED) is 0.755. The molecule has 7 heteroatoms. The van der Waals surface area contributed by atoms with Gasteiger partial charge in [-0.2, -0.15) is 0 Å². The van der Waals surface area contributed by atoms with Crippen molar-refractivity contribution >= 4 is 40.5 Å². The van der Waals surface area contributed by atoms with Gasteiger partial charge in [-0.25, -0.2) is 8.78 Å². The van der Waals surface area contributed by atoms with Crippen LogP contribution in [0.3, 0.4) is 0 Å². The van der Waals surface area contributed by atoms with Gasteiger partial charge in [0.25, 0.3) is 0 Å². The van der Waals surface area contributed by atoms with Gasteiger partial charge in [0.05, 0.1) is 10.0 Å². The van der Waals surface area contributed by atoms with E-state index in [1.807, 2.05) is 0 Å². The van der Waals surface area contributed by atoms with Gasteiger partial charge >= 0.3 is 0 Å². The van der Waals surface area contributed by atoms with Crippen LogP contribution in [0.25, 0.3) is 0 Å². The van der Waals surface area contributed by atoms with Crippen LogP contribution in [-0.4, -0.2) is 5.91 Å². The normalized spacial score (nSPS) is 9.57. The average molecular weight is 333 g/mol. The van der Waals surface area contributed by atoms with E-state index < -0.39 is 11.6 Å². The number of amides is 1. The highest BCUT2D eigenvalue weighted by molar-refractivity contribution is 6.31. The molecule has 0 unspecified atom stereocenters. The Morgan fingerprint density at radius 1 is 1.05 bits per heavy atom. The van der Waals surface area contributed by atoms with Gasteiger partial charge in [0.15, 0.2) is 0 Å². The molecule has 0 saturated heterocycles. The molecule has 0 saturated carbocycles. The number of benzene rings is 2. The molecule has 0 aliphatic rings. The first-order valence-corrected chi connectivity index (χ1v) is 6.48. The summed E-state index contributed by atoms with van der Waals surface area (Å²) < 4.78 is 25.1. The van der Waals surface area contributed by atoms with Crippen molar-refractivity contribution in [1.82, 2.24) is 0 Å². The molecule has 2 rings (SSSR count). The third-order valence-electron chi connectivity index (χ3n) is 2.18. The van der Waals surface area contributed by atoms with Gasteiger partial charge in [0, 0.05) is 18.3 Å². The standard InChI is InChI=1S/C8H7ClFNO.C6H5ClFN/c1-5(12)11-6-2-3-7(9)8(10)4-6;7-5-2-1-4(9)3-6(5)8/h2-4H,1H3,(H,11,12);1-3H,9H2. The third kappa shape index (κ3) is 5.97. The number of anilines is 2. The molecule has 1 amide bonds. The van der Waals surface area contributed by atoms with Crippen molar-refractivity contribution in [2.75, 3.05) is 11.1 Å². The summed E-state index contributed by atoms with van der Waals surface area (Å²) in [4.78, 5) is 10.5. The zero-order chi connectivity index (χ0) is 16.0. The van der Waals surface area contributed by atoms with Gasteiger partial charge in [-0.3, -0.25) is 4.79 Å². The number of hydrogen-bond acceptors (Lipinski definition) is 2. The van der Waals surface area contributed by atoms with Gasteiger partial charge in [-0.05, 0) is 36.4 Å². The highest BCUT2D eigenvalue weighted by Crippen LogP contribution is 2.18. The second kappa shape index (κ2) is 7.81. The molecular weight excluding hydrogens is 321 g/mol. The minimum absolute atomic E-state index is 0.0455. The highest BCUT2D eigenvalue weighted by atomic mass is 35.5. The Hall–Kier alpha value is -1.85. The molecule has 0 heterocycles. The molecule has 3 nitrogen and oxygen atoms in total. The Kier molecular flexibility index (Phi) is 6.39. The summed E-state index contributed by atoms with van der Waals surface area (Å²) in [5, 5.41) is 2.58. The molecule has 2 aromatic rings. The summed E-state index contributed by atoms with van der Waals surface area (Å²) in [6.07, 6.45) is 0. The molecule has 0 aromatic heterocycles. The lowest BCUT2D eigenvalue weighted by Crippen LogP contribution is -2.05. The van der Waals surface area contributed by atoms with Crippen LogP contribution in [0.1, 0.15) is 6.92 Å². The van der Waals surface area contributed by atoms with Crippen LogP contribution < -0.4 is 11.1 Å². The molecule has 0 aliphatic heterocycles. The monoisotopic (exact) mass is 332 g/mol. The Labute approximate surface area is 130 Å². The van der Waals surface area contributed by atoms with Crippen LogP contribution >= 0.6 is 23.2 Å². The van der Waals surface area contributed by atoms with Crippen LogP contribution in [0.4, 0.5) is 20.2 Å². The number of nitrogen functional groups attached to an aromatic ring is 1. The van der Waals surface area contributed by atoms with Crippen molar-refractivity contribution in [3.8, 4) is 0 Å². The van der Waals surface area contributed by atoms with Crippen LogP contribution in [-0.2, 0) is 4.79 Å². The summed E-state index contributed by atoms with van der Waals surface area (Å²) in [5.41, 5.74) is 6.02. The number of carbonyl (C=O) groups excluding carboxylic acids is 1. The van der Waals surface area contributed by atoms with Gasteiger partial charge in [0.2, 0.25) is 5.91 Å². The summed E-state index contributed by atoms with van der Waals surface area (Å²) in [6, 6.07) is 8.25. The zero-order valence-electron chi connectivity index (χ0n) is 11.0. The molecule has 0 fully saturated rings. The molecule has 0 bridgehead atoms. The lowest BCUT2D eigenvalue weighted by Gasteiger charge is -2.01. The maximum Gasteiger partial charge on any atom is 0.221 e. The summed E-state index contributed by atoms with van der Waals surface area (Å²) in [5.74, 6) is -1.25. The number of nitrogens with one attached hydrogen (secondary N) is 1. The molecule has 0 atom stereocenters. The van der Waals surface area contributed by atoms with Crippen molar-refractivity contribution in [3.05, 3.63) is 58.1 Å². The molecule has 3 N–H and O–H groups in total. The van der Waals surface area contributed by atoms with Crippen molar-refractivity contribution in [3.63, 3.8) is 0 Å². The number of nitrogens with two attached hydrogens (primary N) is 1. The van der Waals surface area contributed by atoms with E-state index in [0.717, 1.165) is 0 Å². The van der Waals surface area contributed by atoms with Crippen LogP contribution in [0.2, 0.25) is 10.0 Å². The first kappa shape index (κ1) is 17.2. The molecular formula is C14H12Cl2F2N2O. The molecule has 0 radical (unpaired) electrons. The van der Waals surface area contributed by atoms with E-state index in [2.05, 4.69) is 5.32 Å². The maximum absolute atomic E-state index is 12.7. The van der Waals surface area contributed by atoms with E-state index in [9.17, 15) is 13.6 Å². The summed E-state index contributed by atoms with van der Waals surface area (Å²) in [7, 11) is 0. The Morgan fingerprint density at radius 2 is 1.57 bits per heavy atom. The summed E-state index contributed by atoms with van der Waals surface area (Å²) in [6.45, 7) is 1.35. The van der Waals surface area contributed by atoms with Gasteiger partial charge < -0.3 is 11.1 Å². The summed E-state index contributed by atoms with van der Waals surface area (Å²) >= 11 is 10.8. The Morgan fingerprint density at radius 3 is 2.00 bits per heavy atom. The number of rotatable bonds is 1. The van der Waals surface area contributed by atoms with Crippen LogP contribution in [0.5, 0.6) is 0 Å². The SMILES string of the molecule is CC(=O)Nc1ccc(Cl)c(F)c1.Nc1ccc(Cl)c(F)c1. The van der Waals surface area contributed by atoms with Crippen molar-refractivity contribution in [2.24, 2.45) is 0 Å². The van der Waals surface area contributed by atoms with Crippen molar-refractivity contribution in [1.29, 1.82) is 0 Å². The Balaban J connectivity index is 0.000000219. The minimum atomic E-state index is -0.539. The predicted molar refractivity (Wildman–Crippen MR) is 81.5 cm³/mol. The fourth-order valence-corrected chi connectivity index (χ4v) is 1.52. The van der Waals surface area contributed by atoms with Crippen molar-refractivity contribution < 1.29 is 13.6 Å². The third-order valence-corrected chi connectivity index (χ3v) is 2.80. The van der Waals surface area contributed by atoms with Crippen molar-refractivity contribution in [2.45, 2.75) is 6.92 Å². The van der Waals surface area contributed by atoms with Gasteiger partial charge in [-0.1, -0.05) is 23.2 Å². The first-order valence-electron chi connectivity index (χ1n) is 5.72. The largest absolute Gasteiger partial charge is 0.399 e. The number of halogens is 4. The number of hydrogen-bond donors (Lipinski definition) is 2. The first-order chi connectivity index (χ1) is 9.79. The average Bonchev–Trinajstić information content (AvgIpc) is 2.39. The second-order valence-electron chi connectivity index (χ2n) is 3.98. The molecule has 0 spiro atoms. The van der Waals surface area contributed by atoms with E-state index in [0.29, 0.717) is 11.4 Å². The smallest absolute Gasteiger partial charge is 0.221 e. The second-order valence-corrected chi connectivity index (χ2v) is 4.80. The van der Waals surface area contributed by atoms with E-state index in [4.69, 9.17) is 28.9 Å². The molecule has 112 valence electrons. The van der Waals surface area contributed by atoms with E-state index in [-0.39, 0.29) is 16.0 Å². The minimum Gasteiger partial charge on any atom is -0.399 e. The lowest BCUT2D eigenvalue weighted by atomic mass is 10.3. The van der Waals surface area contributed by atoms with Gasteiger partial charge in [-0.15, -0.1) is 0 Å². The molecule has 2 aromatic carbocycles. The molecule has 0 aliphatic carbocycles. The van der Waals surface area contributed by atoms with Crippen LogP contribution in [0, 0.1) is 11.6 Å². The van der Waals surface area contributed by atoms with E-state index >= 15 is 0 Å².